The minimum atomic E-state index is -0.282. The van der Waals surface area contributed by atoms with Crippen molar-refractivity contribution >= 4 is 17.6 Å². The molecule has 18 heavy (non-hydrogen) atoms. The van der Waals surface area contributed by atoms with Crippen LogP contribution in [0.15, 0.2) is 46.3 Å². The smallest absolute Gasteiger partial charge is 0.137 e. The van der Waals surface area contributed by atoms with Crippen molar-refractivity contribution in [1.29, 1.82) is 5.41 Å². The van der Waals surface area contributed by atoms with Gasteiger partial charge in [-0.15, -0.1) is 0 Å². The summed E-state index contributed by atoms with van der Waals surface area (Å²) >= 11 is 1.22. The molecule has 0 amide bonds. The standard InChI is InChI=1S/C13H12FN3S/c1-8-6-9(13(15)16)7-12(17-8)18-11-5-3-2-4-10(11)14/h2-7H,1H3,(H3,15,16). The highest BCUT2D eigenvalue weighted by Crippen LogP contribution is 2.28. The number of benzene rings is 1. The zero-order valence-corrected chi connectivity index (χ0v) is 10.6. The van der Waals surface area contributed by atoms with Crippen molar-refractivity contribution in [3.63, 3.8) is 0 Å². The van der Waals surface area contributed by atoms with Crippen LogP contribution < -0.4 is 5.73 Å². The summed E-state index contributed by atoms with van der Waals surface area (Å²) in [4.78, 5) is 4.80. The molecule has 0 aliphatic heterocycles. The number of nitrogens with zero attached hydrogens (tertiary/aromatic N) is 1. The molecular formula is C13H12FN3S. The molecule has 0 bridgehead atoms. The Morgan fingerprint density at radius 3 is 2.72 bits per heavy atom. The molecule has 2 rings (SSSR count). The summed E-state index contributed by atoms with van der Waals surface area (Å²) in [5.74, 6) is -0.300. The van der Waals surface area contributed by atoms with E-state index < -0.39 is 0 Å². The van der Waals surface area contributed by atoms with Crippen LogP contribution in [0.25, 0.3) is 0 Å². The molecule has 0 aliphatic rings. The van der Waals surface area contributed by atoms with E-state index in [0.717, 1.165) is 5.69 Å². The molecule has 0 atom stereocenters. The molecule has 0 fully saturated rings. The molecule has 92 valence electrons. The van der Waals surface area contributed by atoms with Crippen molar-refractivity contribution in [2.75, 3.05) is 0 Å². The van der Waals surface area contributed by atoms with E-state index in [1.54, 1.807) is 30.3 Å². The maximum absolute atomic E-state index is 13.5. The number of nitrogens with one attached hydrogen (secondary N) is 1. The lowest BCUT2D eigenvalue weighted by Crippen LogP contribution is -2.11. The van der Waals surface area contributed by atoms with Gasteiger partial charge in [-0.05, 0) is 31.2 Å². The molecule has 5 heteroatoms. The first kappa shape index (κ1) is 12.6. The van der Waals surface area contributed by atoms with Gasteiger partial charge in [0.1, 0.15) is 16.7 Å². The molecule has 0 saturated heterocycles. The van der Waals surface area contributed by atoms with Gasteiger partial charge in [-0.25, -0.2) is 9.37 Å². The van der Waals surface area contributed by atoms with Crippen molar-refractivity contribution in [2.45, 2.75) is 16.8 Å². The summed E-state index contributed by atoms with van der Waals surface area (Å²) in [5.41, 5.74) is 6.80. The topological polar surface area (TPSA) is 62.8 Å². The molecule has 0 saturated carbocycles. The molecule has 0 aliphatic carbocycles. The van der Waals surface area contributed by atoms with Gasteiger partial charge in [-0.2, -0.15) is 0 Å². The summed E-state index contributed by atoms with van der Waals surface area (Å²) in [7, 11) is 0. The maximum atomic E-state index is 13.5. The van der Waals surface area contributed by atoms with Crippen molar-refractivity contribution in [3.8, 4) is 0 Å². The van der Waals surface area contributed by atoms with E-state index in [4.69, 9.17) is 11.1 Å². The van der Waals surface area contributed by atoms with E-state index in [2.05, 4.69) is 4.98 Å². The molecule has 3 nitrogen and oxygen atoms in total. The van der Waals surface area contributed by atoms with Gasteiger partial charge in [-0.1, -0.05) is 23.9 Å². The molecule has 0 spiro atoms. The third kappa shape index (κ3) is 2.87. The Bertz CT molecular complexity index is 599. The second-order valence-corrected chi connectivity index (χ2v) is 4.84. The number of aromatic nitrogens is 1. The average molecular weight is 261 g/mol. The lowest BCUT2D eigenvalue weighted by Gasteiger charge is -2.06. The predicted molar refractivity (Wildman–Crippen MR) is 70.5 cm³/mol. The van der Waals surface area contributed by atoms with Crippen LogP contribution in [0.1, 0.15) is 11.3 Å². The van der Waals surface area contributed by atoms with Gasteiger partial charge < -0.3 is 5.73 Å². The highest BCUT2D eigenvalue weighted by atomic mass is 32.2. The summed E-state index contributed by atoms with van der Waals surface area (Å²) < 4.78 is 13.5. The Hall–Kier alpha value is -1.88. The van der Waals surface area contributed by atoms with Crippen LogP contribution in [-0.2, 0) is 0 Å². The summed E-state index contributed by atoms with van der Waals surface area (Å²) in [6.45, 7) is 1.82. The molecule has 0 radical (unpaired) electrons. The second-order valence-electron chi connectivity index (χ2n) is 3.78. The van der Waals surface area contributed by atoms with E-state index in [0.29, 0.717) is 15.5 Å². The summed E-state index contributed by atoms with van der Waals surface area (Å²) in [5, 5.41) is 8.05. The number of nitrogen functional groups attached to an aromatic ring is 1. The van der Waals surface area contributed by atoms with Crippen LogP contribution in [0.5, 0.6) is 0 Å². The lowest BCUT2D eigenvalue weighted by molar-refractivity contribution is 0.602. The van der Waals surface area contributed by atoms with E-state index in [1.165, 1.54) is 17.8 Å². The minimum absolute atomic E-state index is 0.0177. The molecular weight excluding hydrogens is 249 g/mol. The van der Waals surface area contributed by atoms with Crippen molar-refractivity contribution in [3.05, 3.63) is 53.5 Å². The SMILES string of the molecule is Cc1cc(C(=N)N)cc(Sc2ccccc2F)n1. The van der Waals surface area contributed by atoms with Crippen molar-refractivity contribution in [1.82, 2.24) is 4.98 Å². The van der Waals surface area contributed by atoms with Crippen LogP contribution in [0.4, 0.5) is 4.39 Å². The number of nitrogens with two attached hydrogens (primary N) is 1. The predicted octanol–water partition coefficient (Wildman–Crippen LogP) is 2.96. The van der Waals surface area contributed by atoms with Crippen LogP contribution in [0, 0.1) is 18.2 Å². The van der Waals surface area contributed by atoms with Gasteiger partial charge in [-0.3, -0.25) is 5.41 Å². The Morgan fingerprint density at radius 1 is 1.33 bits per heavy atom. The van der Waals surface area contributed by atoms with E-state index in [-0.39, 0.29) is 11.7 Å². The minimum Gasteiger partial charge on any atom is -0.384 e. The number of amidine groups is 1. The monoisotopic (exact) mass is 261 g/mol. The largest absolute Gasteiger partial charge is 0.384 e. The van der Waals surface area contributed by atoms with Gasteiger partial charge in [0.15, 0.2) is 0 Å². The molecule has 1 aromatic heterocycles. The fraction of sp³-hybridized carbons (Fsp3) is 0.0769. The highest BCUT2D eigenvalue weighted by Gasteiger charge is 2.07. The summed E-state index contributed by atoms with van der Waals surface area (Å²) in [6, 6.07) is 9.93. The first-order valence-corrected chi connectivity index (χ1v) is 6.13. The lowest BCUT2D eigenvalue weighted by atomic mass is 10.2. The number of aryl methyl sites for hydroxylation is 1. The Balaban J connectivity index is 2.35. The number of pyridine rings is 1. The normalized spacial score (nSPS) is 10.3. The van der Waals surface area contributed by atoms with E-state index >= 15 is 0 Å². The molecule has 1 heterocycles. The maximum Gasteiger partial charge on any atom is 0.137 e. The van der Waals surface area contributed by atoms with Crippen LogP contribution in [0.2, 0.25) is 0 Å². The molecule has 0 unspecified atom stereocenters. The Labute approximate surface area is 109 Å². The van der Waals surface area contributed by atoms with Crippen molar-refractivity contribution in [2.24, 2.45) is 5.73 Å². The summed E-state index contributed by atoms with van der Waals surface area (Å²) in [6.07, 6.45) is 0. The Morgan fingerprint density at radius 2 is 2.06 bits per heavy atom. The van der Waals surface area contributed by atoms with Gasteiger partial charge in [0.25, 0.3) is 0 Å². The van der Waals surface area contributed by atoms with E-state index in [9.17, 15) is 4.39 Å². The first-order chi connectivity index (χ1) is 8.56. The fourth-order valence-corrected chi connectivity index (χ4v) is 2.40. The number of rotatable bonds is 3. The molecule has 1 aromatic carbocycles. The van der Waals surface area contributed by atoms with Crippen LogP contribution in [0.3, 0.4) is 0 Å². The fourth-order valence-electron chi connectivity index (χ4n) is 1.49. The second kappa shape index (κ2) is 5.18. The first-order valence-electron chi connectivity index (χ1n) is 5.32. The van der Waals surface area contributed by atoms with Gasteiger partial charge >= 0.3 is 0 Å². The number of halogens is 1. The van der Waals surface area contributed by atoms with Crippen molar-refractivity contribution < 1.29 is 4.39 Å². The van der Waals surface area contributed by atoms with Crippen LogP contribution in [-0.4, -0.2) is 10.8 Å². The third-order valence-electron chi connectivity index (χ3n) is 2.29. The highest BCUT2D eigenvalue weighted by molar-refractivity contribution is 7.99. The number of hydrogen-bond acceptors (Lipinski definition) is 3. The van der Waals surface area contributed by atoms with Crippen LogP contribution >= 0.6 is 11.8 Å². The zero-order chi connectivity index (χ0) is 13.1. The van der Waals surface area contributed by atoms with E-state index in [1.807, 2.05) is 6.92 Å². The van der Waals surface area contributed by atoms with Gasteiger partial charge in [0.05, 0.1) is 0 Å². The molecule has 2 aromatic rings. The van der Waals surface area contributed by atoms with Gasteiger partial charge in [0.2, 0.25) is 0 Å². The zero-order valence-electron chi connectivity index (χ0n) is 9.77. The number of hydrogen-bond donors (Lipinski definition) is 2. The average Bonchev–Trinajstić information content (AvgIpc) is 2.31. The quantitative estimate of drug-likeness (QED) is 0.659. The molecule has 3 N–H and O–H groups in total. The van der Waals surface area contributed by atoms with Gasteiger partial charge in [0, 0.05) is 16.2 Å². The third-order valence-corrected chi connectivity index (χ3v) is 3.26. The Kier molecular flexibility index (Phi) is 3.62.